The summed E-state index contributed by atoms with van der Waals surface area (Å²) in [5.74, 6) is -1.22. The van der Waals surface area contributed by atoms with E-state index in [-0.39, 0.29) is 12.4 Å². The van der Waals surface area contributed by atoms with E-state index in [9.17, 15) is 9.18 Å². The van der Waals surface area contributed by atoms with Crippen LogP contribution in [0.25, 0.3) is 0 Å². The van der Waals surface area contributed by atoms with E-state index in [0.717, 1.165) is 6.42 Å². The number of nitrogens with one attached hydrogen (secondary N) is 1. The molecule has 1 heterocycles. The van der Waals surface area contributed by atoms with Crippen LogP contribution in [0.1, 0.15) is 31.9 Å². The molecule has 1 fully saturated rings. The third-order valence-corrected chi connectivity index (χ3v) is 3.56. The van der Waals surface area contributed by atoms with Crippen LogP contribution in [-0.2, 0) is 11.2 Å². The fraction of sp³-hybridized carbons (Fsp3) is 0.583. The first-order chi connectivity index (χ1) is 8.59. The van der Waals surface area contributed by atoms with Crippen molar-refractivity contribution in [2.24, 2.45) is 5.41 Å². The number of aryl methyl sites for hydroxylation is 1. The number of rotatable bonds is 5. The zero-order valence-electron chi connectivity index (χ0n) is 10.2. The summed E-state index contributed by atoms with van der Waals surface area (Å²) in [6.07, 6.45) is 3.93. The van der Waals surface area contributed by atoms with Crippen molar-refractivity contribution in [1.82, 2.24) is 9.97 Å². The van der Waals surface area contributed by atoms with Gasteiger partial charge in [0.05, 0.1) is 11.1 Å². The maximum Gasteiger partial charge on any atom is 0.311 e. The van der Waals surface area contributed by atoms with Gasteiger partial charge in [-0.15, -0.1) is 0 Å². The van der Waals surface area contributed by atoms with Crippen LogP contribution in [0.4, 0.5) is 10.2 Å². The van der Waals surface area contributed by atoms with Gasteiger partial charge < -0.3 is 10.4 Å². The first-order valence-electron chi connectivity index (χ1n) is 6.06. The predicted molar refractivity (Wildman–Crippen MR) is 63.8 cm³/mol. The van der Waals surface area contributed by atoms with Gasteiger partial charge in [0.25, 0.3) is 0 Å². The molecule has 0 amide bonds. The van der Waals surface area contributed by atoms with E-state index in [1.54, 1.807) is 6.92 Å². The highest BCUT2D eigenvalue weighted by molar-refractivity contribution is 5.76. The van der Waals surface area contributed by atoms with E-state index in [0.29, 0.717) is 25.0 Å². The number of anilines is 1. The second kappa shape index (κ2) is 4.88. The van der Waals surface area contributed by atoms with Gasteiger partial charge in [-0.1, -0.05) is 13.3 Å². The zero-order chi connectivity index (χ0) is 13.2. The number of halogens is 1. The van der Waals surface area contributed by atoms with Crippen molar-refractivity contribution in [3.8, 4) is 0 Å². The Labute approximate surface area is 104 Å². The molecule has 1 saturated carbocycles. The monoisotopic (exact) mass is 253 g/mol. The Morgan fingerprint density at radius 3 is 2.78 bits per heavy atom. The molecule has 1 aromatic heterocycles. The van der Waals surface area contributed by atoms with Crippen molar-refractivity contribution in [3.05, 3.63) is 17.8 Å². The molecular weight excluding hydrogens is 237 g/mol. The summed E-state index contributed by atoms with van der Waals surface area (Å²) in [6.45, 7) is 2.01. The lowest BCUT2D eigenvalue weighted by Crippen LogP contribution is -2.43. The number of carbonyl (C=O) groups is 1. The lowest BCUT2D eigenvalue weighted by molar-refractivity contribution is -0.153. The van der Waals surface area contributed by atoms with Gasteiger partial charge in [0.2, 0.25) is 0 Å². The smallest absolute Gasteiger partial charge is 0.311 e. The number of hydrogen-bond donors (Lipinski definition) is 2. The van der Waals surface area contributed by atoms with Crippen molar-refractivity contribution in [2.45, 2.75) is 32.6 Å². The minimum atomic E-state index is -0.827. The Bertz CT molecular complexity index is 461. The van der Waals surface area contributed by atoms with Gasteiger partial charge >= 0.3 is 5.97 Å². The Kier molecular flexibility index (Phi) is 3.45. The Hall–Kier alpha value is -1.72. The molecule has 2 rings (SSSR count). The molecule has 5 nitrogen and oxygen atoms in total. The van der Waals surface area contributed by atoms with Gasteiger partial charge in [-0.3, -0.25) is 4.79 Å². The SMILES string of the molecule is CCc1ncnc(NCC2(C(=O)O)CCC2)c1F. The fourth-order valence-corrected chi connectivity index (χ4v) is 2.10. The molecule has 2 N–H and O–H groups in total. The molecule has 1 aliphatic rings. The van der Waals surface area contributed by atoms with Crippen molar-refractivity contribution < 1.29 is 14.3 Å². The molecule has 1 aliphatic carbocycles. The zero-order valence-corrected chi connectivity index (χ0v) is 10.2. The molecule has 0 spiro atoms. The Morgan fingerprint density at radius 2 is 2.28 bits per heavy atom. The second-order valence-electron chi connectivity index (χ2n) is 4.63. The average molecular weight is 253 g/mol. The first kappa shape index (κ1) is 12.7. The second-order valence-corrected chi connectivity index (χ2v) is 4.63. The highest BCUT2D eigenvalue weighted by atomic mass is 19.1. The summed E-state index contributed by atoms with van der Waals surface area (Å²) < 4.78 is 13.8. The predicted octanol–water partition coefficient (Wildman–Crippen LogP) is 1.84. The molecule has 0 unspecified atom stereocenters. The van der Waals surface area contributed by atoms with Crippen LogP contribution in [0.15, 0.2) is 6.33 Å². The van der Waals surface area contributed by atoms with E-state index in [1.165, 1.54) is 6.33 Å². The molecular formula is C12H16FN3O2. The van der Waals surface area contributed by atoms with Crippen LogP contribution in [0, 0.1) is 11.2 Å². The molecule has 0 aliphatic heterocycles. The quantitative estimate of drug-likeness (QED) is 0.837. The standard InChI is InChI=1S/C12H16FN3O2/c1-2-8-9(13)10(16-7-15-8)14-6-12(11(17)18)4-3-5-12/h7H,2-6H2,1H3,(H,17,18)(H,14,15,16). The lowest BCUT2D eigenvalue weighted by Gasteiger charge is -2.37. The summed E-state index contributed by atoms with van der Waals surface area (Å²) in [5, 5.41) is 12.0. The summed E-state index contributed by atoms with van der Waals surface area (Å²) in [6, 6.07) is 0. The lowest BCUT2D eigenvalue weighted by atomic mass is 9.69. The van der Waals surface area contributed by atoms with Gasteiger partial charge in [0, 0.05) is 6.54 Å². The van der Waals surface area contributed by atoms with E-state index < -0.39 is 17.2 Å². The number of aromatic nitrogens is 2. The summed E-state index contributed by atoms with van der Waals surface area (Å²) >= 11 is 0. The molecule has 0 radical (unpaired) electrons. The van der Waals surface area contributed by atoms with Crippen LogP contribution >= 0.6 is 0 Å². The normalized spacial score (nSPS) is 17.0. The summed E-state index contributed by atoms with van der Waals surface area (Å²) in [4.78, 5) is 18.8. The average Bonchev–Trinajstić information content (AvgIpc) is 2.29. The number of hydrogen-bond acceptors (Lipinski definition) is 4. The topological polar surface area (TPSA) is 75.1 Å². The molecule has 18 heavy (non-hydrogen) atoms. The molecule has 0 bridgehead atoms. The molecule has 6 heteroatoms. The van der Waals surface area contributed by atoms with Gasteiger partial charge in [-0.05, 0) is 19.3 Å². The molecule has 0 saturated heterocycles. The Morgan fingerprint density at radius 1 is 1.56 bits per heavy atom. The highest BCUT2D eigenvalue weighted by Gasteiger charge is 2.44. The van der Waals surface area contributed by atoms with Crippen LogP contribution < -0.4 is 5.32 Å². The molecule has 1 aromatic rings. The number of aliphatic carboxylic acids is 1. The number of carboxylic acids is 1. The van der Waals surface area contributed by atoms with E-state index >= 15 is 0 Å². The summed E-state index contributed by atoms with van der Waals surface area (Å²) in [7, 11) is 0. The van der Waals surface area contributed by atoms with Crippen molar-refractivity contribution in [2.75, 3.05) is 11.9 Å². The third-order valence-electron chi connectivity index (χ3n) is 3.56. The minimum absolute atomic E-state index is 0.0920. The van der Waals surface area contributed by atoms with Crippen LogP contribution in [0.5, 0.6) is 0 Å². The molecule has 98 valence electrons. The van der Waals surface area contributed by atoms with Crippen LogP contribution in [0.2, 0.25) is 0 Å². The van der Waals surface area contributed by atoms with Gasteiger partial charge in [-0.2, -0.15) is 0 Å². The van der Waals surface area contributed by atoms with E-state index in [2.05, 4.69) is 15.3 Å². The van der Waals surface area contributed by atoms with Crippen LogP contribution in [-0.4, -0.2) is 27.6 Å². The maximum absolute atomic E-state index is 13.8. The fourth-order valence-electron chi connectivity index (χ4n) is 2.10. The summed E-state index contributed by atoms with van der Waals surface area (Å²) in [5.41, 5.74) is -0.422. The third kappa shape index (κ3) is 2.14. The maximum atomic E-state index is 13.8. The van der Waals surface area contributed by atoms with Crippen molar-refractivity contribution >= 4 is 11.8 Å². The van der Waals surface area contributed by atoms with Gasteiger partial charge in [0.1, 0.15) is 6.33 Å². The number of nitrogens with zero attached hydrogens (tertiary/aromatic N) is 2. The highest BCUT2D eigenvalue weighted by Crippen LogP contribution is 2.41. The van der Waals surface area contributed by atoms with Gasteiger partial charge in [0.15, 0.2) is 11.6 Å². The molecule has 0 atom stereocenters. The number of carboxylic acid groups (broad SMARTS) is 1. The van der Waals surface area contributed by atoms with Crippen molar-refractivity contribution in [3.63, 3.8) is 0 Å². The van der Waals surface area contributed by atoms with E-state index in [1.807, 2.05) is 0 Å². The largest absolute Gasteiger partial charge is 0.481 e. The molecule has 0 aromatic carbocycles. The Balaban J connectivity index is 2.08. The van der Waals surface area contributed by atoms with E-state index in [4.69, 9.17) is 5.11 Å². The first-order valence-corrected chi connectivity index (χ1v) is 6.06. The van der Waals surface area contributed by atoms with Crippen LogP contribution in [0.3, 0.4) is 0 Å². The van der Waals surface area contributed by atoms with Gasteiger partial charge in [-0.25, -0.2) is 14.4 Å². The minimum Gasteiger partial charge on any atom is -0.481 e. The van der Waals surface area contributed by atoms with Crippen molar-refractivity contribution in [1.29, 1.82) is 0 Å².